The summed E-state index contributed by atoms with van der Waals surface area (Å²) in [6, 6.07) is 15.4. The Morgan fingerprint density at radius 3 is 2.00 bits per heavy atom. The van der Waals surface area contributed by atoms with Gasteiger partial charge in [0.05, 0.1) is 25.6 Å². The highest BCUT2D eigenvalue weighted by Crippen LogP contribution is 2.41. The Morgan fingerprint density at radius 2 is 1.44 bits per heavy atom. The second kappa shape index (κ2) is 9.53. The Kier molecular flexibility index (Phi) is 6.35. The molecule has 0 unspecified atom stereocenters. The summed E-state index contributed by atoms with van der Waals surface area (Å²) < 4.78 is 20.8. The largest absolute Gasteiger partial charge is 0.519 e. The quantitative estimate of drug-likeness (QED) is 0.211. The monoisotopic (exact) mass is 464 g/mol. The van der Waals surface area contributed by atoms with Gasteiger partial charge in [0.1, 0.15) is 11.5 Å². The van der Waals surface area contributed by atoms with Gasteiger partial charge < -0.3 is 24.3 Å². The van der Waals surface area contributed by atoms with Crippen LogP contribution in [0.3, 0.4) is 0 Å². The van der Waals surface area contributed by atoms with Crippen molar-refractivity contribution >= 4 is 35.1 Å². The molecule has 0 saturated heterocycles. The molecular formula is C24H20N2O8. The predicted molar refractivity (Wildman–Crippen MR) is 122 cm³/mol. The van der Waals surface area contributed by atoms with Crippen LogP contribution in [0.15, 0.2) is 60.7 Å². The Bertz CT molecular complexity index is 1250. The molecule has 3 aromatic carbocycles. The molecule has 10 nitrogen and oxygen atoms in total. The number of hydrogen-bond donors (Lipinski definition) is 3. The van der Waals surface area contributed by atoms with Gasteiger partial charge in [0.2, 0.25) is 0 Å². The molecule has 1 amide bonds. The van der Waals surface area contributed by atoms with Gasteiger partial charge in [-0.2, -0.15) is 0 Å². The van der Waals surface area contributed by atoms with Crippen LogP contribution in [0, 0.1) is 0 Å². The third-order valence-corrected chi connectivity index (χ3v) is 4.97. The van der Waals surface area contributed by atoms with E-state index in [1.807, 2.05) is 0 Å². The lowest BCUT2D eigenvalue weighted by Crippen LogP contribution is -2.14. The van der Waals surface area contributed by atoms with Crippen LogP contribution in [0.4, 0.5) is 16.2 Å². The minimum absolute atomic E-state index is 0.0555. The van der Waals surface area contributed by atoms with Crippen LogP contribution < -0.4 is 29.5 Å². The van der Waals surface area contributed by atoms with Gasteiger partial charge in [0.15, 0.2) is 11.5 Å². The van der Waals surface area contributed by atoms with Crippen molar-refractivity contribution in [1.82, 2.24) is 0 Å². The number of nitrogens with one attached hydrogen (secondary N) is 1. The third kappa shape index (κ3) is 4.77. The molecule has 10 heteroatoms. The van der Waals surface area contributed by atoms with E-state index < -0.39 is 6.16 Å². The van der Waals surface area contributed by atoms with E-state index in [0.29, 0.717) is 33.9 Å². The molecule has 0 atom stereocenters. The highest BCUT2D eigenvalue weighted by Gasteiger charge is 2.26. The molecule has 3 N–H and O–H groups in total. The number of amides is 1. The average molecular weight is 464 g/mol. The number of benzene rings is 3. The van der Waals surface area contributed by atoms with Gasteiger partial charge in [-0.05, 0) is 54.1 Å². The summed E-state index contributed by atoms with van der Waals surface area (Å²) in [5.41, 5.74) is 2.57. The SMILES string of the molecule is COc1cc2c(cc1OC)C(=Cc1ccc(OC(=O)Oc3ccc(N(O)O)cc3)cc1)C(=O)N2. The number of carbonyl (C=O) groups excluding carboxylic acids is 2. The Labute approximate surface area is 194 Å². The Hall–Kier alpha value is -4.54. The normalized spacial score (nSPS) is 13.2. The smallest absolute Gasteiger partial charge is 0.493 e. The van der Waals surface area contributed by atoms with E-state index in [0.717, 1.165) is 0 Å². The van der Waals surface area contributed by atoms with Gasteiger partial charge >= 0.3 is 6.16 Å². The summed E-state index contributed by atoms with van der Waals surface area (Å²) >= 11 is 0. The zero-order valence-corrected chi connectivity index (χ0v) is 18.1. The summed E-state index contributed by atoms with van der Waals surface area (Å²) in [6.07, 6.45) is 0.747. The fourth-order valence-corrected chi connectivity index (χ4v) is 3.32. The topological polar surface area (TPSA) is 127 Å². The van der Waals surface area contributed by atoms with Crippen LogP contribution in [-0.2, 0) is 4.79 Å². The van der Waals surface area contributed by atoms with Crippen LogP contribution in [0.2, 0.25) is 0 Å². The molecule has 3 aromatic rings. The summed E-state index contributed by atoms with van der Waals surface area (Å²) in [4.78, 5) is 24.5. The fraction of sp³-hybridized carbons (Fsp3) is 0.0833. The van der Waals surface area contributed by atoms with Gasteiger partial charge in [-0.15, -0.1) is 5.23 Å². The Balaban J connectivity index is 1.46. The lowest BCUT2D eigenvalue weighted by Gasteiger charge is -2.09. The van der Waals surface area contributed by atoms with Crippen LogP contribution in [0.1, 0.15) is 11.1 Å². The van der Waals surface area contributed by atoms with E-state index in [-0.39, 0.29) is 28.3 Å². The molecule has 0 aromatic heterocycles. The maximum Gasteiger partial charge on any atom is 0.519 e. The standard InChI is InChI=1S/C24H20N2O8/c1-31-21-12-18-19(23(27)25-20(18)13-22(21)32-2)11-14-3-7-16(8-4-14)33-24(28)34-17-9-5-15(6-10-17)26(29)30/h3-13,29-30H,1-2H3,(H,25,27). The first-order valence-corrected chi connectivity index (χ1v) is 9.95. The number of nitrogens with zero attached hydrogens (tertiary/aromatic N) is 1. The zero-order chi connectivity index (χ0) is 24.2. The van der Waals surface area contributed by atoms with Crippen LogP contribution in [-0.4, -0.2) is 36.7 Å². The highest BCUT2D eigenvalue weighted by molar-refractivity contribution is 6.35. The second-order valence-corrected chi connectivity index (χ2v) is 7.07. The first-order valence-electron chi connectivity index (χ1n) is 9.95. The summed E-state index contributed by atoms with van der Waals surface area (Å²) in [5, 5.41) is 20.6. The molecule has 0 fully saturated rings. The minimum atomic E-state index is -0.964. The molecule has 0 saturated carbocycles. The average Bonchev–Trinajstić information content (AvgIpc) is 3.13. The van der Waals surface area contributed by atoms with Crippen molar-refractivity contribution in [2.75, 3.05) is 24.8 Å². The molecule has 1 heterocycles. The number of rotatable bonds is 6. The maximum atomic E-state index is 12.5. The van der Waals surface area contributed by atoms with Crippen LogP contribution >= 0.6 is 0 Å². The number of fused-ring (bicyclic) bond motifs is 1. The van der Waals surface area contributed by atoms with Crippen molar-refractivity contribution in [3.63, 3.8) is 0 Å². The van der Waals surface area contributed by atoms with Crippen molar-refractivity contribution in [3.05, 3.63) is 71.8 Å². The van der Waals surface area contributed by atoms with Crippen molar-refractivity contribution in [2.45, 2.75) is 0 Å². The summed E-state index contributed by atoms with van der Waals surface area (Å²) in [6.45, 7) is 0. The molecule has 0 aliphatic carbocycles. The first kappa shape index (κ1) is 22.6. The van der Waals surface area contributed by atoms with Crippen molar-refractivity contribution in [2.24, 2.45) is 0 Å². The van der Waals surface area contributed by atoms with Gasteiger partial charge in [-0.3, -0.25) is 15.2 Å². The minimum Gasteiger partial charge on any atom is -0.493 e. The molecule has 0 radical (unpaired) electrons. The van der Waals surface area contributed by atoms with Crippen molar-refractivity contribution in [1.29, 1.82) is 0 Å². The third-order valence-electron chi connectivity index (χ3n) is 4.97. The Morgan fingerprint density at radius 1 is 0.882 bits per heavy atom. The van der Waals surface area contributed by atoms with E-state index in [9.17, 15) is 9.59 Å². The van der Waals surface area contributed by atoms with Gasteiger partial charge in [-0.1, -0.05) is 12.1 Å². The summed E-state index contributed by atoms with van der Waals surface area (Å²) in [7, 11) is 3.04. The van der Waals surface area contributed by atoms with Gasteiger partial charge in [0, 0.05) is 17.2 Å². The number of ether oxygens (including phenoxy) is 4. The van der Waals surface area contributed by atoms with E-state index in [1.54, 1.807) is 42.5 Å². The van der Waals surface area contributed by atoms with Gasteiger partial charge in [0.25, 0.3) is 5.91 Å². The van der Waals surface area contributed by atoms with E-state index >= 15 is 0 Å². The fourth-order valence-electron chi connectivity index (χ4n) is 3.32. The lowest BCUT2D eigenvalue weighted by atomic mass is 10.0. The van der Waals surface area contributed by atoms with E-state index in [2.05, 4.69) is 5.32 Å². The van der Waals surface area contributed by atoms with Gasteiger partial charge in [-0.25, -0.2) is 4.79 Å². The molecule has 1 aliphatic rings. The first-order chi connectivity index (χ1) is 16.4. The molecule has 1 aliphatic heterocycles. The summed E-state index contributed by atoms with van der Waals surface area (Å²) in [5.74, 6) is 1.16. The van der Waals surface area contributed by atoms with Crippen LogP contribution in [0.25, 0.3) is 11.6 Å². The number of methoxy groups -OCH3 is 2. The van der Waals surface area contributed by atoms with Crippen molar-refractivity contribution < 1.29 is 39.0 Å². The predicted octanol–water partition coefficient (Wildman–Crippen LogP) is 4.36. The van der Waals surface area contributed by atoms with Crippen LogP contribution in [0.5, 0.6) is 23.0 Å². The number of anilines is 2. The number of hydrogen-bond acceptors (Lipinski definition) is 9. The number of carbonyl (C=O) groups is 2. The molecular weight excluding hydrogens is 444 g/mol. The molecule has 174 valence electrons. The van der Waals surface area contributed by atoms with Crippen molar-refractivity contribution in [3.8, 4) is 23.0 Å². The zero-order valence-electron chi connectivity index (χ0n) is 18.1. The van der Waals surface area contributed by atoms with E-state index in [1.165, 1.54) is 38.5 Å². The van der Waals surface area contributed by atoms with E-state index in [4.69, 9.17) is 29.4 Å². The molecule has 34 heavy (non-hydrogen) atoms. The molecule has 0 spiro atoms. The molecule has 0 bridgehead atoms. The second-order valence-electron chi connectivity index (χ2n) is 7.07. The lowest BCUT2D eigenvalue weighted by molar-refractivity contribution is -0.110. The highest BCUT2D eigenvalue weighted by atomic mass is 16.8. The molecule has 4 rings (SSSR count). The maximum absolute atomic E-state index is 12.5.